The molecular formula is C18H20N6OS. The number of aromatic nitrogens is 4. The maximum absolute atomic E-state index is 12.8. The third-order valence-corrected chi connectivity index (χ3v) is 6.83. The van der Waals surface area contributed by atoms with Gasteiger partial charge in [0.25, 0.3) is 5.91 Å². The van der Waals surface area contributed by atoms with Crippen LogP contribution in [0.2, 0.25) is 0 Å². The van der Waals surface area contributed by atoms with Crippen molar-refractivity contribution in [1.82, 2.24) is 30.2 Å². The highest BCUT2D eigenvalue weighted by molar-refractivity contribution is 7.21. The predicted molar refractivity (Wildman–Crippen MR) is 99.6 cm³/mol. The molecule has 8 heteroatoms. The van der Waals surface area contributed by atoms with E-state index in [1.165, 1.54) is 12.8 Å². The van der Waals surface area contributed by atoms with Gasteiger partial charge in [-0.25, -0.2) is 4.68 Å². The number of hydrogen-bond acceptors (Lipinski definition) is 6. The molecule has 0 aliphatic carbocycles. The molecule has 3 aliphatic heterocycles. The van der Waals surface area contributed by atoms with Crippen LogP contribution in [0.25, 0.3) is 15.1 Å². The van der Waals surface area contributed by atoms with Crippen molar-refractivity contribution < 1.29 is 4.79 Å². The fraction of sp³-hybridized carbons (Fsp3) is 0.444. The van der Waals surface area contributed by atoms with Gasteiger partial charge in [-0.15, -0.1) is 16.4 Å². The first-order valence-electron chi connectivity index (χ1n) is 9.00. The molecule has 0 aromatic carbocycles. The van der Waals surface area contributed by atoms with E-state index in [9.17, 15) is 4.79 Å². The maximum atomic E-state index is 12.8. The summed E-state index contributed by atoms with van der Waals surface area (Å²) in [6, 6.07) is 4.51. The van der Waals surface area contributed by atoms with Crippen LogP contribution in [0.5, 0.6) is 0 Å². The number of fused-ring (bicyclic) bond motifs is 4. The molecule has 3 aromatic heterocycles. The monoisotopic (exact) mass is 368 g/mol. The second-order valence-corrected chi connectivity index (χ2v) is 8.22. The standard InChI is InChI=1S/C18H20N6OS/c1-11-17(12-2-5-23(11)6-3-12)21-18(25)14-9-15-13(10-19-14)8-16(26-15)24-7-4-20-22-24/h4,7-12,17H,2-3,5-6H2,1H3,(H,21,25)/t11-,17-/m0/s1. The SMILES string of the molecule is C[C@H]1[C@H](NC(=O)c2cc3sc(-n4ccnn4)cc3cn2)C2CCN1CC2. The first-order chi connectivity index (χ1) is 12.7. The lowest BCUT2D eigenvalue weighted by molar-refractivity contribution is 0.0216. The van der Waals surface area contributed by atoms with E-state index >= 15 is 0 Å². The Balaban J connectivity index is 1.39. The molecule has 26 heavy (non-hydrogen) atoms. The Morgan fingerprint density at radius 3 is 2.88 bits per heavy atom. The van der Waals surface area contributed by atoms with E-state index in [2.05, 4.69) is 32.4 Å². The molecule has 7 nitrogen and oxygen atoms in total. The Morgan fingerprint density at radius 1 is 1.31 bits per heavy atom. The Hall–Kier alpha value is -2.32. The van der Waals surface area contributed by atoms with Crippen LogP contribution < -0.4 is 5.32 Å². The molecule has 0 unspecified atom stereocenters. The van der Waals surface area contributed by atoms with Gasteiger partial charge in [0.05, 0.1) is 12.4 Å². The summed E-state index contributed by atoms with van der Waals surface area (Å²) >= 11 is 1.58. The molecule has 6 heterocycles. The van der Waals surface area contributed by atoms with Gasteiger partial charge in [-0.2, -0.15) is 0 Å². The smallest absolute Gasteiger partial charge is 0.270 e. The van der Waals surface area contributed by atoms with E-state index in [0.29, 0.717) is 17.7 Å². The van der Waals surface area contributed by atoms with Gasteiger partial charge in [0, 0.05) is 28.4 Å². The summed E-state index contributed by atoms with van der Waals surface area (Å²) in [5.74, 6) is 0.511. The van der Waals surface area contributed by atoms with Crippen molar-refractivity contribution in [2.24, 2.45) is 5.92 Å². The summed E-state index contributed by atoms with van der Waals surface area (Å²) in [4.78, 5) is 19.7. The van der Waals surface area contributed by atoms with Crippen molar-refractivity contribution >= 4 is 27.3 Å². The number of carbonyl (C=O) groups is 1. The Morgan fingerprint density at radius 2 is 2.15 bits per heavy atom. The summed E-state index contributed by atoms with van der Waals surface area (Å²) in [6.45, 7) is 4.53. The van der Waals surface area contributed by atoms with Gasteiger partial charge >= 0.3 is 0 Å². The zero-order valence-corrected chi connectivity index (χ0v) is 15.3. The van der Waals surface area contributed by atoms with Crippen molar-refractivity contribution in [2.75, 3.05) is 13.1 Å². The van der Waals surface area contributed by atoms with Gasteiger partial charge in [0.1, 0.15) is 10.7 Å². The van der Waals surface area contributed by atoms with Crippen LogP contribution in [0, 0.1) is 5.92 Å². The molecule has 3 aromatic rings. The van der Waals surface area contributed by atoms with Gasteiger partial charge in [0.2, 0.25) is 0 Å². The van der Waals surface area contributed by atoms with Gasteiger partial charge < -0.3 is 5.32 Å². The lowest BCUT2D eigenvalue weighted by Gasteiger charge is -2.49. The predicted octanol–water partition coefficient (Wildman–Crippen LogP) is 2.09. The van der Waals surface area contributed by atoms with Crippen molar-refractivity contribution in [1.29, 1.82) is 0 Å². The summed E-state index contributed by atoms with van der Waals surface area (Å²) in [5, 5.41) is 13.1. The van der Waals surface area contributed by atoms with Crippen LogP contribution in [0.3, 0.4) is 0 Å². The van der Waals surface area contributed by atoms with E-state index < -0.39 is 0 Å². The number of thiophene rings is 1. The molecular weight excluding hydrogens is 348 g/mol. The number of amides is 1. The summed E-state index contributed by atoms with van der Waals surface area (Å²) in [6.07, 6.45) is 7.57. The Labute approximate surface area is 155 Å². The molecule has 134 valence electrons. The third-order valence-electron chi connectivity index (χ3n) is 5.75. The van der Waals surface area contributed by atoms with E-state index in [0.717, 1.165) is 28.2 Å². The average molecular weight is 368 g/mol. The summed E-state index contributed by atoms with van der Waals surface area (Å²) in [5.41, 5.74) is 0.480. The van der Waals surface area contributed by atoms with Gasteiger partial charge in [-0.3, -0.25) is 14.7 Å². The largest absolute Gasteiger partial charge is 0.346 e. The quantitative estimate of drug-likeness (QED) is 0.766. The van der Waals surface area contributed by atoms with Gasteiger partial charge in [-0.05, 0) is 50.9 Å². The number of pyridine rings is 1. The lowest BCUT2D eigenvalue weighted by Crippen LogP contribution is -2.62. The minimum atomic E-state index is -0.0757. The Bertz CT molecular complexity index is 942. The first kappa shape index (κ1) is 15.9. The van der Waals surface area contributed by atoms with Crippen LogP contribution in [0.4, 0.5) is 0 Å². The fourth-order valence-corrected chi connectivity index (χ4v) is 5.25. The highest BCUT2D eigenvalue weighted by Gasteiger charge is 2.40. The van der Waals surface area contributed by atoms with E-state index in [4.69, 9.17) is 0 Å². The first-order valence-corrected chi connectivity index (χ1v) is 9.82. The molecule has 1 N–H and O–H groups in total. The van der Waals surface area contributed by atoms with Crippen molar-refractivity contribution in [3.05, 3.63) is 36.4 Å². The second kappa shape index (κ2) is 6.14. The normalized spacial score (nSPS) is 27.7. The number of carbonyl (C=O) groups excluding carboxylic acids is 1. The third kappa shape index (κ3) is 2.60. The van der Waals surface area contributed by atoms with Crippen LogP contribution in [-0.2, 0) is 0 Å². The molecule has 3 saturated heterocycles. The number of nitrogens with one attached hydrogen (secondary N) is 1. The number of piperidine rings is 3. The van der Waals surface area contributed by atoms with Crippen molar-refractivity contribution in [3.63, 3.8) is 0 Å². The molecule has 0 saturated carbocycles. The van der Waals surface area contributed by atoms with Crippen molar-refractivity contribution in [3.8, 4) is 5.00 Å². The highest BCUT2D eigenvalue weighted by atomic mass is 32.1. The highest BCUT2D eigenvalue weighted by Crippen LogP contribution is 2.32. The van der Waals surface area contributed by atoms with Crippen LogP contribution in [0.1, 0.15) is 30.3 Å². The molecule has 0 radical (unpaired) electrons. The topological polar surface area (TPSA) is 75.9 Å². The maximum Gasteiger partial charge on any atom is 0.270 e. The molecule has 1 amide bonds. The molecule has 0 spiro atoms. The number of nitrogens with zero attached hydrogens (tertiary/aromatic N) is 5. The number of hydrogen-bond donors (Lipinski definition) is 1. The molecule has 2 atom stereocenters. The molecule has 3 fully saturated rings. The van der Waals surface area contributed by atoms with E-state index in [1.54, 1.807) is 34.6 Å². The summed E-state index contributed by atoms with van der Waals surface area (Å²) < 4.78 is 2.75. The summed E-state index contributed by atoms with van der Waals surface area (Å²) in [7, 11) is 0. The van der Waals surface area contributed by atoms with Crippen LogP contribution in [-0.4, -0.2) is 56.0 Å². The van der Waals surface area contributed by atoms with Crippen LogP contribution >= 0.6 is 11.3 Å². The van der Waals surface area contributed by atoms with Gasteiger partial charge in [0.15, 0.2) is 0 Å². The van der Waals surface area contributed by atoms with Gasteiger partial charge in [-0.1, -0.05) is 5.21 Å². The molecule has 2 bridgehead atoms. The van der Waals surface area contributed by atoms with E-state index in [-0.39, 0.29) is 11.9 Å². The van der Waals surface area contributed by atoms with Crippen molar-refractivity contribution in [2.45, 2.75) is 31.8 Å². The average Bonchev–Trinajstić information content (AvgIpc) is 3.33. The minimum Gasteiger partial charge on any atom is -0.346 e. The number of rotatable bonds is 3. The second-order valence-electron chi connectivity index (χ2n) is 7.15. The van der Waals surface area contributed by atoms with E-state index in [1.807, 2.05) is 12.1 Å². The molecule has 6 rings (SSSR count). The van der Waals surface area contributed by atoms with Crippen LogP contribution in [0.15, 0.2) is 30.7 Å². The fourth-order valence-electron chi connectivity index (χ4n) is 4.25. The zero-order valence-electron chi connectivity index (χ0n) is 14.5. The lowest BCUT2D eigenvalue weighted by atomic mass is 9.79. The minimum absolute atomic E-state index is 0.0757. The Kier molecular flexibility index (Phi) is 3.75. The molecule has 3 aliphatic rings. The zero-order chi connectivity index (χ0) is 17.7.